The van der Waals surface area contributed by atoms with Crippen LogP contribution in [-0.4, -0.2) is 77.0 Å². The Kier molecular flexibility index (Phi) is 8.90. The average Bonchev–Trinajstić information content (AvgIpc) is 2.75. The molecule has 12 heteroatoms. The third-order valence-corrected chi connectivity index (χ3v) is 6.00. The van der Waals surface area contributed by atoms with Crippen molar-refractivity contribution in [3.63, 3.8) is 0 Å². The summed E-state index contributed by atoms with van der Waals surface area (Å²) in [6.45, 7) is 5.74. The molecule has 3 heterocycles. The van der Waals surface area contributed by atoms with Crippen LogP contribution in [0.1, 0.15) is 25.0 Å². The standard InChI is InChI=1S/C22H22B3N5O3S/c1-3-28-20-16(6-26)19(17(7-27)21(30-20)34-12-14-10-31-11-14)15-4-5-18(29-8-15)32-9-13(2)33-22(23,24)25/h4-5,8,13-14H,3,9-12H2,1-2H3,(H,28,30). The average molecular weight is 469 g/mol. The van der Waals surface area contributed by atoms with Gasteiger partial charge in [0.15, 0.2) is 0 Å². The van der Waals surface area contributed by atoms with Gasteiger partial charge < -0.3 is 19.5 Å². The SMILES string of the molecule is [B]C([B])([B])OC(C)COc1ccc(-c2c(C#N)c(NCC)nc(SCC3COC3)c2C#N)cn1. The van der Waals surface area contributed by atoms with E-state index in [1.165, 1.54) is 11.8 Å². The van der Waals surface area contributed by atoms with Crippen LogP contribution in [0.2, 0.25) is 0 Å². The van der Waals surface area contributed by atoms with Crippen molar-refractivity contribution in [1.82, 2.24) is 9.97 Å². The number of thioether (sulfide) groups is 1. The van der Waals surface area contributed by atoms with Gasteiger partial charge in [-0.05, 0) is 25.2 Å². The Morgan fingerprint density at radius 2 is 2.00 bits per heavy atom. The summed E-state index contributed by atoms with van der Waals surface area (Å²) in [4.78, 5) is 8.91. The van der Waals surface area contributed by atoms with Gasteiger partial charge in [-0.25, -0.2) is 9.97 Å². The molecular weight excluding hydrogens is 447 g/mol. The van der Waals surface area contributed by atoms with Gasteiger partial charge in [0.1, 0.15) is 35.2 Å². The Balaban J connectivity index is 1.89. The number of ether oxygens (including phenoxy) is 3. The van der Waals surface area contributed by atoms with Crippen molar-refractivity contribution in [3.8, 4) is 29.1 Å². The van der Waals surface area contributed by atoms with Crippen LogP contribution in [-0.2, 0) is 9.47 Å². The van der Waals surface area contributed by atoms with Gasteiger partial charge in [0, 0.05) is 41.6 Å². The van der Waals surface area contributed by atoms with Crippen LogP contribution in [0, 0.1) is 28.6 Å². The van der Waals surface area contributed by atoms with Crippen LogP contribution in [0.25, 0.3) is 11.1 Å². The Morgan fingerprint density at radius 1 is 1.26 bits per heavy atom. The number of aromatic nitrogens is 2. The second kappa shape index (κ2) is 11.7. The number of rotatable bonds is 11. The van der Waals surface area contributed by atoms with E-state index in [9.17, 15) is 10.5 Å². The first kappa shape index (κ1) is 26.0. The summed E-state index contributed by atoms with van der Waals surface area (Å²) >= 11 is 1.49. The highest BCUT2D eigenvalue weighted by atomic mass is 32.2. The second-order valence-electron chi connectivity index (χ2n) is 7.84. The van der Waals surface area contributed by atoms with Gasteiger partial charge in [-0.2, -0.15) is 10.5 Å². The van der Waals surface area contributed by atoms with E-state index in [-0.39, 0.29) is 12.2 Å². The first-order valence-corrected chi connectivity index (χ1v) is 11.7. The highest BCUT2D eigenvalue weighted by molar-refractivity contribution is 7.99. The van der Waals surface area contributed by atoms with Gasteiger partial charge in [-0.1, -0.05) is 0 Å². The molecule has 1 aliphatic heterocycles. The Morgan fingerprint density at radius 3 is 2.53 bits per heavy atom. The van der Waals surface area contributed by atoms with Crippen LogP contribution in [0.5, 0.6) is 5.88 Å². The van der Waals surface area contributed by atoms with Crippen molar-refractivity contribution in [3.05, 3.63) is 29.5 Å². The maximum absolute atomic E-state index is 9.98. The molecular formula is C22H22B3N5O3S. The van der Waals surface area contributed by atoms with E-state index in [0.29, 0.717) is 59.1 Å². The quantitative estimate of drug-likeness (QED) is 0.390. The molecule has 0 aliphatic carbocycles. The first-order chi connectivity index (χ1) is 16.3. The largest absolute Gasteiger partial charge is 0.475 e. The minimum Gasteiger partial charge on any atom is -0.475 e. The zero-order chi connectivity index (χ0) is 24.7. The number of anilines is 1. The van der Waals surface area contributed by atoms with Crippen molar-refractivity contribution in [1.29, 1.82) is 10.5 Å². The number of pyridine rings is 2. The molecule has 1 aliphatic rings. The van der Waals surface area contributed by atoms with Crippen molar-refractivity contribution >= 4 is 41.1 Å². The molecule has 0 saturated carbocycles. The minimum absolute atomic E-state index is 0.123. The Bertz CT molecular complexity index is 1080. The van der Waals surface area contributed by atoms with Crippen molar-refractivity contribution < 1.29 is 14.2 Å². The second-order valence-corrected chi connectivity index (χ2v) is 8.85. The van der Waals surface area contributed by atoms with E-state index in [0.717, 1.165) is 5.75 Å². The number of nitrogens with zero attached hydrogens (tertiary/aromatic N) is 4. The van der Waals surface area contributed by atoms with E-state index in [1.807, 2.05) is 6.92 Å². The number of nitriles is 2. The molecule has 1 atom stereocenters. The molecule has 0 amide bonds. The number of hydrogen-bond acceptors (Lipinski definition) is 9. The maximum atomic E-state index is 9.98. The van der Waals surface area contributed by atoms with Crippen LogP contribution in [0.4, 0.5) is 5.82 Å². The fourth-order valence-electron chi connectivity index (χ4n) is 3.24. The summed E-state index contributed by atoms with van der Waals surface area (Å²) in [6, 6.07) is 7.83. The zero-order valence-corrected chi connectivity index (χ0v) is 19.9. The van der Waals surface area contributed by atoms with Crippen molar-refractivity contribution in [2.45, 2.75) is 30.3 Å². The summed E-state index contributed by atoms with van der Waals surface area (Å²) < 4.78 is 16.1. The molecule has 8 nitrogen and oxygen atoms in total. The molecule has 0 bridgehead atoms. The fourth-order valence-corrected chi connectivity index (χ4v) is 4.27. The Hall–Kier alpha value is -2.66. The molecule has 1 N–H and O–H groups in total. The van der Waals surface area contributed by atoms with E-state index in [4.69, 9.17) is 37.7 Å². The molecule has 3 rings (SSSR count). The van der Waals surface area contributed by atoms with Gasteiger partial charge in [0.05, 0.1) is 48.4 Å². The Labute approximate surface area is 208 Å². The summed E-state index contributed by atoms with van der Waals surface area (Å²) in [5, 5.41) is 21.8. The molecule has 34 heavy (non-hydrogen) atoms. The third-order valence-electron chi connectivity index (χ3n) is 4.79. The lowest BCUT2D eigenvalue weighted by atomic mass is 9.52. The molecule has 1 unspecified atom stereocenters. The van der Waals surface area contributed by atoms with E-state index in [2.05, 4.69) is 27.4 Å². The van der Waals surface area contributed by atoms with Crippen LogP contribution < -0.4 is 10.1 Å². The molecule has 168 valence electrons. The highest BCUT2D eigenvalue weighted by Crippen LogP contribution is 2.37. The van der Waals surface area contributed by atoms with Gasteiger partial charge in [0.2, 0.25) is 5.88 Å². The molecule has 2 aromatic rings. The predicted molar refractivity (Wildman–Crippen MR) is 132 cm³/mol. The lowest BCUT2D eigenvalue weighted by Crippen LogP contribution is -2.39. The first-order valence-electron chi connectivity index (χ1n) is 10.7. The fraction of sp³-hybridized carbons (Fsp3) is 0.455. The van der Waals surface area contributed by atoms with E-state index < -0.39 is 11.4 Å². The highest BCUT2D eigenvalue weighted by Gasteiger charge is 2.24. The molecule has 1 fully saturated rings. The van der Waals surface area contributed by atoms with Gasteiger partial charge >= 0.3 is 0 Å². The van der Waals surface area contributed by atoms with Gasteiger partial charge in [-0.15, -0.1) is 11.8 Å². The maximum Gasteiger partial charge on any atom is 0.213 e. The molecule has 1 saturated heterocycles. The van der Waals surface area contributed by atoms with Crippen LogP contribution >= 0.6 is 11.8 Å². The monoisotopic (exact) mass is 469 g/mol. The summed E-state index contributed by atoms with van der Waals surface area (Å²) in [5.41, 5.74) is 1.71. The minimum atomic E-state index is -1.76. The van der Waals surface area contributed by atoms with E-state index in [1.54, 1.807) is 25.3 Å². The molecule has 0 spiro atoms. The number of nitrogens with one attached hydrogen (secondary N) is 1. The third kappa shape index (κ3) is 6.69. The summed E-state index contributed by atoms with van der Waals surface area (Å²) in [5.74, 6) is 1.96. The molecule has 0 aromatic carbocycles. The normalized spacial score (nSPS) is 14.5. The summed E-state index contributed by atoms with van der Waals surface area (Å²) in [6.07, 6.45) is 1.08. The van der Waals surface area contributed by atoms with Crippen molar-refractivity contribution in [2.75, 3.05) is 37.4 Å². The van der Waals surface area contributed by atoms with Crippen LogP contribution in [0.15, 0.2) is 23.4 Å². The topological polar surface area (TPSA) is 113 Å². The molecule has 2 aromatic heterocycles. The van der Waals surface area contributed by atoms with Gasteiger partial charge in [0.25, 0.3) is 0 Å². The summed E-state index contributed by atoms with van der Waals surface area (Å²) in [7, 11) is 16.3. The van der Waals surface area contributed by atoms with E-state index >= 15 is 0 Å². The lowest BCUT2D eigenvalue weighted by molar-refractivity contribution is -0.0196. The zero-order valence-electron chi connectivity index (χ0n) is 19.1. The molecule has 6 radical (unpaired) electrons. The smallest absolute Gasteiger partial charge is 0.213 e. The van der Waals surface area contributed by atoms with Gasteiger partial charge in [-0.3, -0.25) is 0 Å². The van der Waals surface area contributed by atoms with Crippen molar-refractivity contribution in [2.24, 2.45) is 5.92 Å². The predicted octanol–water partition coefficient (Wildman–Crippen LogP) is 1.96. The number of hydrogen-bond donors (Lipinski definition) is 1. The lowest BCUT2D eigenvalue weighted by Gasteiger charge is -2.26. The van der Waals surface area contributed by atoms with Crippen LogP contribution in [0.3, 0.4) is 0 Å².